The number of rotatable bonds is 6. The van der Waals surface area contributed by atoms with Crippen molar-refractivity contribution in [2.45, 2.75) is 27.0 Å². The molecule has 0 saturated carbocycles. The second-order valence-electron chi connectivity index (χ2n) is 6.75. The van der Waals surface area contributed by atoms with E-state index in [-0.39, 0.29) is 12.5 Å². The minimum absolute atomic E-state index is 0.181. The molecule has 3 aromatic rings. The summed E-state index contributed by atoms with van der Waals surface area (Å²) in [6, 6.07) is 18.6. The first-order valence-corrected chi connectivity index (χ1v) is 9.29. The molecule has 0 aliphatic rings. The number of pyridine rings is 1. The number of hydrogen-bond donors (Lipinski definition) is 2. The van der Waals surface area contributed by atoms with Crippen molar-refractivity contribution in [3.63, 3.8) is 0 Å². The number of nitrogens with one attached hydrogen (secondary N) is 2. The number of carbonyl (C=O) groups is 2. The Hall–Kier alpha value is -3.67. The van der Waals surface area contributed by atoms with Gasteiger partial charge in [-0.3, -0.25) is 15.1 Å². The number of aromatic nitrogens is 1. The number of hydrogen-bond acceptors (Lipinski definition) is 4. The fourth-order valence-electron chi connectivity index (χ4n) is 2.58. The van der Waals surface area contributed by atoms with Crippen LogP contribution in [0.1, 0.15) is 32.7 Å². The van der Waals surface area contributed by atoms with Crippen LogP contribution in [-0.2, 0) is 17.9 Å². The third-order valence-electron chi connectivity index (χ3n) is 4.32. The fourth-order valence-corrected chi connectivity index (χ4v) is 2.58. The van der Waals surface area contributed by atoms with Gasteiger partial charge in [0.15, 0.2) is 0 Å². The van der Waals surface area contributed by atoms with Crippen LogP contribution in [0.4, 0.5) is 10.5 Å². The summed E-state index contributed by atoms with van der Waals surface area (Å²) >= 11 is 0. The number of nitrogens with zero attached hydrogens (tertiary/aromatic N) is 1. The molecule has 6 heteroatoms. The van der Waals surface area contributed by atoms with Gasteiger partial charge >= 0.3 is 6.09 Å². The molecule has 0 fully saturated rings. The zero-order valence-electron chi connectivity index (χ0n) is 16.4. The Morgan fingerprint density at radius 1 is 0.897 bits per heavy atom. The van der Waals surface area contributed by atoms with Crippen LogP contribution in [0.25, 0.3) is 0 Å². The highest BCUT2D eigenvalue weighted by Gasteiger charge is 2.07. The first-order chi connectivity index (χ1) is 14.0. The Labute approximate surface area is 169 Å². The van der Waals surface area contributed by atoms with Crippen molar-refractivity contribution in [2.24, 2.45) is 0 Å². The Morgan fingerprint density at radius 2 is 1.59 bits per heavy atom. The molecule has 0 spiro atoms. The molecule has 1 aromatic heterocycles. The summed E-state index contributed by atoms with van der Waals surface area (Å²) in [5, 5.41) is 5.54. The summed E-state index contributed by atoms with van der Waals surface area (Å²) in [7, 11) is 0. The highest BCUT2D eigenvalue weighted by molar-refractivity contribution is 5.93. The van der Waals surface area contributed by atoms with Crippen LogP contribution >= 0.6 is 0 Å². The lowest BCUT2D eigenvalue weighted by Gasteiger charge is -2.09. The van der Waals surface area contributed by atoms with Crippen molar-refractivity contribution >= 4 is 17.7 Å². The molecule has 0 aliphatic carbocycles. The first kappa shape index (κ1) is 20.1. The van der Waals surface area contributed by atoms with E-state index in [2.05, 4.69) is 15.6 Å². The van der Waals surface area contributed by atoms with Crippen LogP contribution in [0, 0.1) is 13.8 Å². The lowest BCUT2D eigenvalue weighted by Crippen LogP contribution is -2.23. The van der Waals surface area contributed by atoms with Crippen LogP contribution in [-0.4, -0.2) is 17.0 Å². The molecule has 6 nitrogen and oxygen atoms in total. The summed E-state index contributed by atoms with van der Waals surface area (Å²) in [6.07, 6.45) is 1.04. The third kappa shape index (κ3) is 6.17. The van der Waals surface area contributed by atoms with E-state index in [4.69, 9.17) is 4.74 Å². The Balaban J connectivity index is 1.45. The average molecular weight is 389 g/mol. The van der Waals surface area contributed by atoms with Gasteiger partial charge in [-0.05, 0) is 49.2 Å². The molecule has 1 heterocycles. The minimum atomic E-state index is -0.515. The molecule has 148 valence electrons. The zero-order valence-corrected chi connectivity index (χ0v) is 16.4. The molecule has 3 rings (SSSR count). The predicted molar refractivity (Wildman–Crippen MR) is 112 cm³/mol. The van der Waals surface area contributed by atoms with Crippen LogP contribution in [0.3, 0.4) is 0 Å². The van der Waals surface area contributed by atoms with Gasteiger partial charge in [-0.1, -0.05) is 42.0 Å². The molecule has 2 N–H and O–H groups in total. The molecule has 0 atom stereocenters. The molecule has 2 aromatic carbocycles. The number of amides is 2. The van der Waals surface area contributed by atoms with Crippen molar-refractivity contribution in [2.75, 3.05) is 5.32 Å². The predicted octanol–water partition coefficient (Wildman–Crippen LogP) is 4.38. The second kappa shape index (κ2) is 9.50. The van der Waals surface area contributed by atoms with E-state index in [0.717, 1.165) is 22.4 Å². The summed E-state index contributed by atoms with van der Waals surface area (Å²) in [6.45, 7) is 4.47. The van der Waals surface area contributed by atoms with Crippen molar-refractivity contribution in [1.29, 1.82) is 0 Å². The highest BCUT2D eigenvalue weighted by atomic mass is 16.5. The van der Waals surface area contributed by atoms with Gasteiger partial charge in [0.25, 0.3) is 5.91 Å². The number of benzene rings is 2. The third-order valence-corrected chi connectivity index (χ3v) is 4.32. The monoisotopic (exact) mass is 389 g/mol. The SMILES string of the molecule is Cc1ccc(COC(=O)Nc2ccc(CNC(=O)c3ccc(C)nc3)cc2)cc1. The summed E-state index contributed by atoms with van der Waals surface area (Å²) < 4.78 is 5.23. The van der Waals surface area contributed by atoms with E-state index < -0.39 is 6.09 Å². The van der Waals surface area contributed by atoms with Crippen molar-refractivity contribution in [3.05, 3.63) is 94.8 Å². The molecular weight excluding hydrogens is 366 g/mol. The molecule has 0 bridgehead atoms. The molecule has 0 unspecified atom stereocenters. The van der Waals surface area contributed by atoms with Crippen molar-refractivity contribution in [3.8, 4) is 0 Å². The number of carbonyl (C=O) groups excluding carboxylic acids is 2. The summed E-state index contributed by atoms with van der Waals surface area (Å²) in [5.74, 6) is -0.181. The van der Waals surface area contributed by atoms with Gasteiger partial charge in [-0.2, -0.15) is 0 Å². The van der Waals surface area contributed by atoms with Gasteiger partial charge in [0.1, 0.15) is 6.61 Å². The van der Waals surface area contributed by atoms with E-state index in [1.54, 1.807) is 30.5 Å². The number of ether oxygens (including phenoxy) is 1. The average Bonchev–Trinajstić information content (AvgIpc) is 2.73. The second-order valence-corrected chi connectivity index (χ2v) is 6.75. The smallest absolute Gasteiger partial charge is 0.411 e. The number of anilines is 1. The maximum absolute atomic E-state index is 12.1. The molecule has 29 heavy (non-hydrogen) atoms. The van der Waals surface area contributed by atoms with Gasteiger partial charge in [-0.25, -0.2) is 4.79 Å². The Morgan fingerprint density at radius 3 is 2.24 bits per heavy atom. The van der Waals surface area contributed by atoms with Gasteiger partial charge in [-0.15, -0.1) is 0 Å². The standard InChI is InChI=1S/C23H23N3O3/c1-16-3-6-19(7-4-16)15-29-23(28)26-21-11-8-18(9-12-21)13-25-22(27)20-10-5-17(2)24-14-20/h3-12,14H,13,15H2,1-2H3,(H,25,27)(H,26,28). The minimum Gasteiger partial charge on any atom is -0.444 e. The Kier molecular flexibility index (Phi) is 6.58. The molecule has 0 aliphatic heterocycles. The lowest BCUT2D eigenvalue weighted by atomic mass is 10.2. The van der Waals surface area contributed by atoms with Gasteiger partial charge in [0.2, 0.25) is 0 Å². The molecule has 0 radical (unpaired) electrons. The maximum atomic E-state index is 12.1. The van der Waals surface area contributed by atoms with Gasteiger partial charge in [0.05, 0.1) is 5.56 Å². The normalized spacial score (nSPS) is 10.3. The molecule has 2 amide bonds. The van der Waals surface area contributed by atoms with E-state index >= 15 is 0 Å². The Bertz CT molecular complexity index is 966. The largest absolute Gasteiger partial charge is 0.444 e. The molecule has 0 saturated heterocycles. The van der Waals surface area contributed by atoms with Crippen molar-refractivity contribution in [1.82, 2.24) is 10.3 Å². The van der Waals surface area contributed by atoms with Gasteiger partial charge in [0, 0.05) is 24.1 Å². The van der Waals surface area contributed by atoms with E-state index in [9.17, 15) is 9.59 Å². The topological polar surface area (TPSA) is 80.3 Å². The van der Waals surface area contributed by atoms with E-state index in [1.807, 2.05) is 50.2 Å². The zero-order chi connectivity index (χ0) is 20.6. The van der Waals surface area contributed by atoms with Crippen LogP contribution in [0.2, 0.25) is 0 Å². The first-order valence-electron chi connectivity index (χ1n) is 9.29. The maximum Gasteiger partial charge on any atom is 0.411 e. The molecular formula is C23H23N3O3. The fraction of sp³-hybridized carbons (Fsp3) is 0.174. The van der Waals surface area contributed by atoms with Gasteiger partial charge < -0.3 is 10.1 Å². The van der Waals surface area contributed by atoms with Crippen LogP contribution in [0.5, 0.6) is 0 Å². The van der Waals surface area contributed by atoms with E-state index in [0.29, 0.717) is 17.8 Å². The lowest BCUT2D eigenvalue weighted by molar-refractivity contribution is 0.0950. The number of aryl methyl sites for hydroxylation is 2. The summed E-state index contributed by atoms with van der Waals surface area (Å²) in [4.78, 5) is 28.2. The highest BCUT2D eigenvalue weighted by Crippen LogP contribution is 2.11. The van der Waals surface area contributed by atoms with E-state index in [1.165, 1.54) is 0 Å². The van der Waals surface area contributed by atoms with Crippen LogP contribution < -0.4 is 10.6 Å². The quantitative estimate of drug-likeness (QED) is 0.656. The van der Waals surface area contributed by atoms with Crippen molar-refractivity contribution < 1.29 is 14.3 Å². The van der Waals surface area contributed by atoms with Crippen LogP contribution in [0.15, 0.2) is 66.9 Å². The summed E-state index contributed by atoms with van der Waals surface area (Å²) in [5.41, 5.74) is 5.01.